The fraction of sp³-hybridized carbons (Fsp3) is 0.381. The monoisotopic (exact) mass is 366 g/mol. The number of pyridine rings is 1. The molecule has 5 nitrogen and oxygen atoms in total. The van der Waals surface area contributed by atoms with Crippen LogP contribution in [-0.2, 0) is 6.54 Å². The normalized spacial score (nSPS) is 17.0. The maximum absolute atomic E-state index is 13.8. The Morgan fingerprint density at radius 1 is 1.33 bits per heavy atom. The summed E-state index contributed by atoms with van der Waals surface area (Å²) in [5.74, 6) is -0.372. The molecule has 3 heterocycles. The van der Waals surface area contributed by atoms with E-state index in [-0.39, 0.29) is 17.8 Å². The molecule has 2 aromatic heterocycles. The molecule has 0 aliphatic carbocycles. The molecule has 0 radical (unpaired) electrons. The van der Waals surface area contributed by atoms with Gasteiger partial charge in [0.1, 0.15) is 5.82 Å². The van der Waals surface area contributed by atoms with Crippen LogP contribution in [0.25, 0.3) is 22.2 Å². The number of hydrogen-bond donors (Lipinski definition) is 0. The Hall–Kier alpha value is -2.76. The molecule has 6 heteroatoms. The summed E-state index contributed by atoms with van der Waals surface area (Å²) in [5.41, 5.74) is 2.54. The van der Waals surface area contributed by atoms with Crippen LogP contribution in [0, 0.1) is 5.82 Å². The zero-order chi connectivity index (χ0) is 19.0. The maximum atomic E-state index is 13.8. The molecule has 0 bridgehead atoms. The minimum Gasteiger partial charge on any atom is -0.336 e. The summed E-state index contributed by atoms with van der Waals surface area (Å²) in [7, 11) is 0. The van der Waals surface area contributed by atoms with Crippen molar-refractivity contribution in [2.45, 2.75) is 45.7 Å². The lowest BCUT2D eigenvalue weighted by Crippen LogP contribution is -2.33. The van der Waals surface area contributed by atoms with Crippen LogP contribution in [0.4, 0.5) is 4.39 Å². The quantitative estimate of drug-likeness (QED) is 0.693. The minimum absolute atomic E-state index is 0.0128. The first kappa shape index (κ1) is 17.6. The Morgan fingerprint density at radius 3 is 2.93 bits per heavy atom. The van der Waals surface area contributed by atoms with Gasteiger partial charge in [-0.1, -0.05) is 6.92 Å². The van der Waals surface area contributed by atoms with Crippen LogP contribution in [0.3, 0.4) is 0 Å². The van der Waals surface area contributed by atoms with Crippen molar-refractivity contribution in [3.63, 3.8) is 0 Å². The van der Waals surface area contributed by atoms with E-state index in [1.807, 2.05) is 21.8 Å². The first-order valence-electron chi connectivity index (χ1n) is 9.51. The topological polar surface area (TPSA) is 51.0 Å². The number of carbonyl (C=O) groups excluding carboxylic acids is 1. The Balaban J connectivity index is 1.84. The number of halogens is 1. The number of amides is 1. The molecule has 1 atom stereocenters. The third-order valence-electron chi connectivity index (χ3n) is 5.20. The number of aromatic nitrogens is 3. The Labute approximate surface area is 157 Å². The Bertz CT molecular complexity index is 997. The van der Waals surface area contributed by atoms with Crippen LogP contribution >= 0.6 is 0 Å². The van der Waals surface area contributed by atoms with Crippen molar-refractivity contribution < 1.29 is 9.18 Å². The van der Waals surface area contributed by atoms with Crippen molar-refractivity contribution in [1.29, 1.82) is 0 Å². The maximum Gasteiger partial charge on any atom is 0.254 e. The van der Waals surface area contributed by atoms with Gasteiger partial charge < -0.3 is 4.90 Å². The molecule has 1 saturated heterocycles. The van der Waals surface area contributed by atoms with Gasteiger partial charge in [0.2, 0.25) is 0 Å². The average molecular weight is 366 g/mol. The lowest BCUT2D eigenvalue weighted by Gasteiger charge is -2.22. The van der Waals surface area contributed by atoms with Crippen LogP contribution in [-0.4, -0.2) is 38.2 Å². The highest BCUT2D eigenvalue weighted by Crippen LogP contribution is 2.28. The molecular formula is C21H23FN4O. The van der Waals surface area contributed by atoms with E-state index < -0.39 is 0 Å². The highest BCUT2D eigenvalue weighted by Gasteiger charge is 2.28. The summed E-state index contributed by atoms with van der Waals surface area (Å²) in [6, 6.07) is 6.46. The van der Waals surface area contributed by atoms with Crippen LogP contribution in [0.1, 0.15) is 43.5 Å². The fourth-order valence-corrected chi connectivity index (χ4v) is 3.76. The number of aryl methyl sites for hydroxylation is 1. The van der Waals surface area contributed by atoms with E-state index in [1.54, 1.807) is 12.3 Å². The second kappa shape index (κ2) is 7.10. The standard InChI is InChI=1S/C21H23FN4O/c1-3-8-25-13-15(12-23-25)19-11-18(21(27)26-9-4-5-14(26)2)17-7-6-16(22)10-20(17)24-19/h6-7,10-14H,3-5,8-9H2,1-2H3/t14-/m0/s1. The molecule has 27 heavy (non-hydrogen) atoms. The summed E-state index contributed by atoms with van der Waals surface area (Å²) in [5, 5.41) is 5.04. The van der Waals surface area contributed by atoms with Crippen molar-refractivity contribution in [2.24, 2.45) is 0 Å². The second-order valence-corrected chi connectivity index (χ2v) is 7.20. The first-order chi connectivity index (χ1) is 13.1. The van der Waals surface area contributed by atoms with Gasteiger partial charge in [0, 0.05) is 42.3 Å². The van der Waals surface area contributed by atoms with Gasteiger partial charge in [-0.2, -0.15) is 5.10 Å². The second-order valence-electron chi connectivity index (χ2n) is 7.20. The van der Waals surface area contributed by atoms with E-state index in [4.69, 9.17) is 0 Å². The van der Waals surface area contributed by atoms with Gasteiger partial charge in [-0.15, -0.1) is 0 Å². The van der Waals surface area contributed by atoms with Gasteiger partial charge in [0.15, 0.2) is 0 Å². The number of nitrogens with zero attached hydrogens (tertiary/aromatic N) is 4. The van der Waals surface area contributed by atoms with Crippen LogP contribution in [0.5, 0.6) is 0 Å². The van der Waals surface area contributed by atoms with Gasteiger partial charge in [0.25, 0.3) is 5.91 Å². The van der Waals surface area contributed by atoms with Gasteiger partial charge in [0.05, 0.1) is 23.0 Å². The summed E-state index contributed by atoms with van der Waals surface area (Å²) < 4.78 is 15.7. The smallest absolute Gasteiger partial charge is 0.254 e. The van der Waals surface area contributed by atoms with E-state index in [0.717, 1.165) is 37.9 Å². The first-order valence-corrected chi connectivity index (χ1v) is 9.51. The lowest BCUT2D eigenvalue weighted by atomic mass is 10.0. The van der Waals surface area contributed by atoms with E-state index in [1.165, 1.54) is 12.1 Å². The average Bonchev–Trinajstić information content (AvgIpc) is 3.29. The van der Waals surface area contributed by atoms with Gasteiger partial charge in [-0.3, -0.25) is 9.48 Å². The zero-order valence-electron chi connectivity index (χ0n) is 15.7. The molecule has 1 aliphatic rings. The van der Waals surface area contributed by atoms with E-state index >= 15 is 0 Å². The molecular weight excluding hydrogens is 343 g/mol. The van der Waals surface area contributed by atoms with Crippen molar-refractivity contribution in [2.75, 3.05) is 6.54 Å². The zero-order valence-corrected chi connectivity index (χ0v) is 15.7. The molecule has 140 valence electrons. The van der Waals surface area contributed by atoms with E-state index in [2.05, 4.69) is 23.9 Å². The third kappa shape index (κ3) is 3.31. The van der Waals surface area contributed by atoms with Crippen molar-refractivity contribution in [3.05, 3.63) is 48.0 Å². The summed E-state index contributed by atoms with van der Waals surface area (Å²) in [6.07, 6.45) is 6.68. The number of carbonyl (C=O) groups is 1. The highest BCUT2D eigenvalue weighted by molar-refractivity contribution is 6.07. The predicted molar refractivity (Wildman–Crippen MR) is 103 cm³/mol. The number of hydrogen-bond acceptors (Lipinski definition) is 3. The summed E-state index contributed by atoms with van der Waals surface area (Å²) in [4.78, 5) is 19.7. The lowest BCUT2D eigenvalue weighted by molar-refractivity contribution is 0.0749. The Morgan fingerprint density at radius 2 is 2.19 bits per heavy atom. The third-order valence-corrected chi connectivity index (χ3v) is 5.20. The molecule has 1 aromatic carbocycles. The van der Waals surface area contributed by atoms with Gasteiger partial charge in [-0.25, -0.2) is 9.37 Å². The number of fused-ring (bicyclic) bond motifs is 1. The molecule has 0 spiro atoms. The number of rotatable bonds is 4. The minimum atomic E-state index is -0.359. The summed E-state index contributed by atoms with van der Waals surface area (Å²) in [6.45, 7) is 5.74. The largest absolute Gasteiger partial charge is 0.336 e. The molecule has 1 aliphatic heterocycles. The fourth-order valence-electron chi connectivity index (χ4n) is 3.76. The van der Waals surface area contributed by atoms with Crippen molar-refractivity contribution in [3.8, 4) is 11.3 Å². The molecule has 4 rings (SSSR count). The van der Waals surface area contributed by atoms with Crippen molar-refractivity contribution >= 4 is 16.8 Å². The highest BCUT2D eigenvalue weighted by atomic mass is 19.1. The number of likely N-dealkylation sites (tertiary alicyclic amines) is 1. The van der Waals surface area contributed by atoms with Crippen LogP contribution in [0.15, 0.2) is 36.7 Å². The van der Waals surface area contributed by atoms with E-state index in [9.17, 15) is 9.18 Å². The molecule has 0 N–H and O–H groups in total. The number of benzene rings is 1. The van der Waals surface area contributed by atoms with Gasteiger partial charge in [-0.05, 0) is 44.4 Å². The molecule has 1 amide bonds. The SMILES string of the molecule is CCCn1cc(-c2cc(C(=O)N3CCC[C@@H]3C)c3ccc(F)cc3n2)cn1. The molecule has 3 aromatic rings. The Kier molecular flexibility index (Phi) is 4.64. The summed E-state index contributed by atoms with van der Waals surface area (Å²) >= 11 is 0. The van der Waals surface area contributed by atoms with E-state index in [0.29, 0.717) is 22.2 Å². The van der Waals surface area contributed by atoms with Crippen molar-refractivity contribution in [1.82, 2.24) is 19.7 Å². The van der Waals surface area contributed by atoms with Crippen LogP contribution in [0.2, 0.25) is 0 Å². The molecule has 0 saturated carbocycles. The molecule has 0 unspecified atom stereocenters. The predicted octanol–water partition coefficient (Wildman–Crippen LogP) is 4.27. The van der Waals surface area contributed by atoms with Crippen LogP contribution < -0.4 is 0 Å². The molecule has 1 fully saturated rings. The van der Waals surface area contributed by atoms with Gasteiger partial charge >= 0.3 is 0 Å².